The van der Waals surface area contributed by atoms with Gasteiger partial charge in [0, 0.05) is 10.9 Å². The molecule has 0 spiro atoms. The Bertz CT molecular complexity index is 975. The van der Waals surface area contributed by atoms with E-state index in [4.69, 9.17) is 16.3 Å². The quantitative estimate of drug-likeness (QED) is 0.680. The molecule has 1 aliphatic rings. The molecule has 2 N–H and O–H groups in total. The number of fused-ring (bicyclic) bond motifs is 1. The first-order valence-corrected chi connectivity index (χ1v) is 10.4. The van der Waals surface area contributed by atoms with Crippen molar-refractivity contribution in [1.29, 1.82) is 0 Å². The normalized spacial score (nSPS) is 14.7. The molecule has 0 radical (unpaired) electrons. The molecule has 3 rings (SSSR count). The molecule has 27 heavy (non-hydrogen) atoms. The van der Waals surface area contributed by atoms with Crippen molar-refractivity contribution < 1.29 is 27.5 Å². The molecule has 1 aromatic carbocycles. The van der Waals surface area contributed by atoms with E-state index in [1.54, 1.807) is 17.5 Å². The zero-order chi connectivity index (χ0) is 19.6. The first kappa shape index (κ1) is 19.6. The van der Waals surface area contributed by atoms with Crippen LogP contribution in [0.15, 0.2) is 34.5 Å². The summed E-state index contributed by atoms with van der Waals surface area (Å²) < 4.78 is 38.2. The van der Waals surface area contributed by atoms with Gasteiger partial charge in [0.25, 0.3) is 5.91 Å². The third kappa shape index (κ3) is 4.41. The number of benzene rings is 1. The Morgan fingerprint density at radius 3 is 2.93 bits per heavy atom. The Balaban J connectivity index is 1.93. The van der Waals surface area contributed by atoms with Gasteiger partial charge >= 0.3 is 5.97 Å². The molecular weight excluding hydrogens is 416 g/mol. The minimum atomic E-state index is -4.09. The first-order valence-electron chi connectivity index (χ1n) is 7.69. The van der Waals surface area contributed by atoms with Crippen LogP contribution >= 0.6 is 22.9 Å². The van der Waals surface area contributed by atoms with Gasteiger partial charge in [-0.15, -0.1) is 11.3 Å². The monoisotopic (exact) mass is 430 g/mol. The summed E-state index contributed by atoms with van der Waals surface area (Å²) in [6, 6.07) is 5.20. The predicted molar refractivity (Wildman–Crippen MR) is 99.6 cm³/mol. The van der Waals surface area contributed by atoms with Gasteiger partial charge in [-0.1, -0.05) is 17.7 Å². The zero-order valence-corrected chi connectivity index (χ0v) is 16.4. The van der Waals surface area contributed by atoms with Gasteiger partial charge in [-0.3, -0.25) is 9.59 Å². The minimum absolute atomic E-state index is 0.0879. The van der Waals surface area contributed by atoms with Gasteiger partial charge in [0.1, 0.15) is 10.6 Å². The second-order valence-corrected chi connectivity index (χ2v) is 8.65. The van der Waals surface area contributed by atoms with E-state index in [9.17, 15) is 18.0 Å². The van der Waals surface area contributed by atoms with Crippen molar-refractivity contribution in [2.45, 2.75) is 17.4 Å². The topological polar surface area (TPSA) is 111 Å². The molecule has 0 fully saturated rings. The maximum atomic E-state index is 12.9. The standard InChI is InChI=1S/C16H15ClN2O6S2/c1-24-16(21)6-11(13-3-2-4-26-13)19-27(22,23)14-7-12-10(5-9(14)17)18-15(20)8-25-12/h2-5,7,11,19H,6,8H2,1H3,(H,18,20). The number of anilines is 1. The largest absolute Gasteiger partial charge is 0.482 e. The van der Waals surface area contributed by atoms with E-state index in [-0.39, 0.29) is 34.6 Å². The van der Waals surface area contributed by atoms with Crippen molar-refractivity contribution in [2.24, 2.45) is 0 Å². The van der Waals surface area contributed by atoms with Gasteiger partial charge < -0.3 is 14.8 Å². The van der Waals surface area contributed by atoms with Crippen LogP contribution in [0.2, 0.25) is 5.02 Å². The highest BCUT2D eigenvalue weighted by atomic mass is 35.5. The van der Waals surface area contributed by atoms with E-state index in [2.05, 4.69) is 14.8 Å². The molecule has 1 atom stereocenters. The average molecular weight is 431 g/mol. The van der Waals surface area contributed by atoms with Crippen LogP contribution in [0.3, 0.4) is 0 Å². The van der Waals surface area contributed by atoms with Crippen LogP contribution in [-0.2, 0) is 24.3 Å². The number of nitrogens with one attached hydrogen (secondary N) is 2. The number of sulfonamides is 1. The molecule has 1 aromatic heterocycles. The number of carbonyl (C=O) groups excluding carboxylic acids is 2. The van der Waals surface area contributed by atoms with Crippen molar-refractivity contribution in [3.05, 3.63) is 39.5 Å². The van der Waals surface area contributed by atoms with E-state index in [1.807, 2.05) is 0 Å². The fourth-order valence-electron chi connectivity index (χ4n) is 2.48. The van der Waals surface area contributed by atoms with Crippen molar-refractivity contribution in [3.63, 3.8) is 0 Å². The molecule has 1 amide bonds. The minimum Gasteiger partial charge on any atom is -0.482 e. The molecule has 11 heteroatoms. The lowest BCUT2D eigenvalue weighted by molar-refractivity contribution is -0.141. The van der Waals surface area contributed by atoms with Crippen LogP contribution < -0.4 is 14.8 Å². The molecular formula is C16H15ClN2O6S2. The van der Waals surface area contributed by atoms with E-state index in [1.165, 1.54) is 30.6 Å². The molecule has 0 aliphatic carbocycles. The highest BCUT2D eigenvalue weighted by molar-refractivity contribution is 7.89. The molecule has 2 heterocycles. The number of carbonyl (C=O) groups is 2. The van der Waals surface area contributed by atoms with E-state index >= 15 is 0 Å². The molecule has 0 saturated heterocycles. The SMILES string of the molecule is COC(=O)CC(NS(=O)(=O)c1cc2c(cc1Cl)NC(=O)CO2)c1cccs1. The smallest absolute Gasteiger partial charge is 0.307 e. The number of amides is 1. The van der Waals surface area contributed by atoms with Crippen LogP contribution in [0.5, 0.6) is 5.75 Å². The van der Waals surface area contributed by atoms with E-state index < -0.39 is 22.0 Å². The molecule has 8 nitrogen and oxygen atoms in total. The third-order valence-electron chi connectivity index (χ3n) is 3.74. The van der Waals surface area contributed by atoms with Crippen LogP contribution in [0, 0.1) is 0 Å². The Morgan fingerprint density at radius 1 is 1.48 bits per heavy atom. The lowest BCUT2D eigenvalue weighted by Gasteiger charge is -2.21. The van der Waals surface area contributed by atoms with Gasteiger partial charge in [-0.2, -0.15) is 0 Å². The fraction of sp³-hybridized carbons (Fsp3) is 0.250. The zero-order valence-electron chi connectivity index (χ0n) is 14.0. The summed E-state index contributed by atoms with van der Waals surface area (Å²) in [5.74, 6) is -0.721. The number of hydrogen-bond acceptors (Lipinski definition) is 7. The van der Waals surface area contributed by atoms with E-state index in [0.29, 0.717) is 10.6 Å². The third-order valence-corrected chi connectivity index (χ3v) is 6.66. The maximum Gasteiger partial charge on any atom is 0.307 e. The van der Waals surface area contributed by atoms with Gasteiger partial charge in [0.15, 0.2) is 6.61 Å². The van der Waals surface area contributed by atoms with Crippen LogP contribution in [0.4, 0.5) is 5.69 Å². The van der Waals surface area contributed by atoms with Gasteiger partial charge in [0.2, 0.25) is 10.0 Å². The molecule has 0 bridgehead atoms. The summed E-state index contributed by atoms with van der Waals surface area (Å²) in [4.78, 5) is 23.5. The second-order valence-electron chi connectivity index (χ2n) is 5.59. The van der Waals surface area contributed by atoms with Crippen molar-refractivity contribution in [1.82, 2.24) is 4.72 Å². The summed E-state index contributed by atoms with van der Waals surface area (Å²) in [6.07, 6.45) is -0.175. The van der Waals surface area contributed by atoms with Crippen LogP contribution in [0.1, 0.15) is 17.3 Å². The summed E-state index contributed by atoms with van der Waals surface area (Å²) in [7, 11) is -2.86. The fourth-order valence-corrected chi connectivity index (χ4v) is 5.09. The highest BCUT2D eigenvalue weighted by Crippen LogP contribution is 2.36. The molecule has 0 saturated carbocycles. The number of rotatable bonds is 6. The number of hydrogen-bond donors (Lipinski definition) is 2. The predicted octanol–water partition coefficient (Wildman–Crippen LogP) is 2.32. The van der Waals surface area contributed by atoms with Gasteiger partial charge in [-0.25, -0.2) is 13.1 Å². The number of halogens is 1. The lowest BCUT2D eigenvalue weighted by Crippen LogP contribution is -2.31. The Kier molecular flexibility index (Phi) is 5.70. The summed E-state index contributed by atoms with van der Waals surface area (Å²) in [5.41, 5.74) is 0.291. The van der Waals surface area contributed by atoms with E-state index in [0.717, 1.165) is 0 Å². The Labute approximate surface area is 164 Å². The second kappa shape index (κ2) is 7.85. The number of thiophene rings is 1. The summed E-state index contributed by atoms with van der Waals surface area (Å²) >= 11 is 7.43. The summed E-state index contributed by atoms with van der Waals surface area (Å²) in [6.45, 7) is -0.221. The average Bonchev–Trinajstić information content (AvgIpc) is 3.14. The van der Waals surface area contributed by atoms with Gasteiger partial charge in [-0.05, 0) is 17.5 Å². The maximum absolute atomic E-state index is 12.9. The van der Waals surface area contributed by atoms with Crippen molar-refractivity contribution in [3.8, 4) is 5.75 Å². The Hall–Kier alpha value is -2.14. The molecule has 2 aromatic rings. The van der Waals surface area contributed by atoms with Crippen molar-refractivity contribution in [2.75, 3.05) is 19.0 Å². The molecule has 1 aliphatic heterocycles. The molecule has 1 unspecified atom stereocenters. The summed E-state index contributed by atoms with van der Waals surface area (Å²) in [5, 5.41) is 4.24. The Morgan fingerprint density at radius 2 is 2.26 bits per heavy atom. The lowest BCUT2D eigenvalue weighted by atomic mass is 10.2. The number of ether oxygens (including phenoxy) is 2. The van der Waals surface area contributed by atoms with Crippen molar-refractivity contribution >= 4 is 50.5 Å². The highest BCUT2D eigenvalue weighted by Gasteiger charge is 2.29. The molecule has 144 valence electrons. The number of methoxy groups -OCH3 is 1. The van der Waals surface area contributed by atoms with Crippen LogP contribution in [-0.4, -0.2) is 34.0 Å². The van der Waals surface area contributed by atoms with Gasteiger partial charge in [0.05, 0.1) is 30.3 Å². The van der Waals surface area contributed by atoms with Crippen LogP contribution in [0.25, 0.3) is 0 Å². The number of esters is 1. The first-order chi connectivity index (χ1) is 12.8.